The highest BCUT2D eigenvalue weighted by Gasteiger charge is 2.09. The van der Waals surface area contributed by atoms with Gasteiger partial charge in [0.1, 0.15) is 5.75 Å². The molecule has 2 aromatic rings. The molecule has 1 aromatic heterocycles. The molecule has 1 aromatic carbocycles. The maximum atomic E-state index is 10.8. The average Bonchev–Trinajstić information content (AvgIpc) is 2.63. The molecular formula is C10H9NO3. The van der Waals surface area contributed by atoms with Crippen molar-refractivity contribution in [2.24, 2.45) is 0 Å². The second kappa shape index (κ2) is 3.06. The zero-order chi connectivity index (χ0) is 10.1. The molecular weight excluding hydrogens is 182 g/mol. The topological polar surface area (TPSA) is 62.3 Å². The number of benzene rings is 1. The van der Waals surface area contributed by atoms with E-state index in [-0.39, 0.29) is 5.56 Å². The van der Waals surface area contributed by atoms with Crippen molar-refractivity contribution in [3.63, 3.8) is 0 Å². The van der Waals surface area contributed by atoms with Gasteiger partial charge in [-0.3, -0.25) is 0 Å². The number of carbonyl (C=O) groups is 1. The van der Waals surface area contributed by atoms with Crippen LogP contribution < -0.4 is 4.74 Å². The van der Waals surface area contributed by atoms with E-state index in [0.29, 0.717) is 5.75 Å². The molecule has 4 nitrogen and oxygen atoms in total. The molecule has 0 aliphatic heterocycles. The predicted octanol–water partition coefficient (Wildman–Crippen LogP) is 1.87. The third-order valence-electron chi connectivity index (χ3n) is 2.09. The number of rotatable bonds is 2. The summed E-state index contributed by atoms with van der Waals surface area (Å²) in [7, 11) is 1.52. The molecule has 0 bridgehead atoms. The van der Waals surface area contributed by atoms with Crippen LogP contribution in [0.25, 0.3) is 10.9 Å². The summed E-state index contributed by atoms with van der Waals surface area (Å²) in [5, 5.41) is 9.67. The van der Waals surface area contributed by atoms with Gasteiger partial charge in [-0.1, -0.05) is 0 Å². The fourth-order valence-corrected chi connectivity index (χ4v) is 1.42. The second-order valence-electron chi connectivity index (χ2n) is 2.93. The van der Waals surface area contributed by atoms with E-state index in [2.05, 4.69) is 4.98 Å². The van der Waals surface area contributed by atoms with E-state index >= 15 is 0 Å². The molecule has 0 aliphatic rings. The van der Waals surface area contributed by atoms with Crippen molar-refractivity contribution in [1.82, 2.24) is 4.98 Å². The highest BCUT2D eigenvalue weighted by molar-refractivity contribution is 5.96. The number of fused-ring (bicyclic) bond motifs is 1. The molecule has 1 heterocycles. The Morgan fingerprint density at radius 2 is 2.29 bits per heavy atom. The van der Waals surface area contributed by atoms with E-state index in [0.717, 1.165) is 10.9 Å². The number of ether oxygens (including phenoxy) is 1. The first-order valence-corrected chi connectivity index (χ1v) is 4.11. The van der Waals surface area contributed by atoms with Crippen LogP contribution in [-0.2, 0) is 0 Å². The lowest BCUT2D eigenvalue weighted by Crippen LogP contribution is -1.97. The van der Waals surface area contributed by atoms with E-state index in [4.69, 9.17) is 9.84 Å². The minimum Gasteiger partial charge on any atom is -0.495 e. The summed E-state index contributed by atoms with van der Waals surface area (Å²) in [5.74, 6) is -0.406. The van der Waals surface area contributed by atoms with Crippen molar-refractivity contribution in [2.75, 3.05) is 7.11 Å². The SMILES string of the molecule is COc1cc(C(=O)O)cc2cc[nH]c12. The van der Waals surface area contributed by atoms with Crippen molar-refractivity contribution in [3.05, 3.63) is 30.0 Å². The number of hydrogen-bond donors (Lipinski definition) is 2. The van der Waals surface area contributed by atoms with Gasteiger partial charge in [0.25, 0.3) is 0 Å². The minimum absolute atomic E-state index is 0.231. The number of aromatic carboxylic acids is 1. The highest BCUT2D eigenvalue weighted by Crippen LogP contribution is 2.25. The number of aromatic amines is 1. The van der Waals surface area contributed by atoms with E-state index in [1.165, 1.54) is 13.2 Å². The smallest absolute Gasteiger partial charge is 0.335 e. The molecule has 0 unspecified atom stereocenters. The molecule has 0 saturated heterocycles. The fourth-order valence-electron chi connectivity index (χ4n) is 1.42. The number of H-pyrrole nitrogens is 1. The van der Waals surface area contributed by atoms with Crippen LogP contribution in [0.2, 0.25) is 0 Å². The first-order valence-electron chi connectivity index (χ1n) is 4.11. The first-order chi connectivity index (χ1) is 6.72. The lowest BCUT2D eigenvalue weighted by atomic mass is 10.1. The third-order valence-corrected chi connectivity index (χ3v) is 2.09. The van der Waals surface area contributed by atoms with Gasteiger partial charge in [0, 0.05) is 11.6 Å². The van der Waals surface area contributed by atoms with Gasteiger partial charge >= 0.3 is 5.97 Å². The van der Waals surface area contributed by atoms with Crippen LogP contribution in [0.3, 0.4) is 0 Å². The van der Waals surface area contributed by atoms with Crippen LogP contribution in [0.4, 0.5) is 0 Å². The van der Waals surface area contributed by atoms with Gasteiger partial charge in [-0.05, 0) is 18.2 Å². The maximum absolute atomic E-state index is 10.8. The van der Waals surface area contributed by atoms with Gasteiger partial charge in [0.05, 0.1) is 18.2 Å². The summed E-state index contributed by atoms with van der Waals surface area (Å²) >= 11 is 0. The molecule has 2 N–H and O–H groups in total. The van der Waals surface area contributed by atoms with Crippen LogP contribution in [0, 0.1) is 0 Å². The summed E-state index contributed by atoms with van der Waals surface area (Å²) in [6.07, 6.45) is 1.75. The van der Waals surface area contributed by atoms with Gasteiger partial charge < -0.3 is 14.8 Å². The number of aromatic nitrogens is 1. The van der Waals surface area contributed by atoms with Crippen LogP contribution in [0.15, 0.2) is 24.4 Å². The Balaban J connectivity index is 2.73. The Bertz CT molecular complexity index is 487. The summed E-state index contributed by atoms with van der Waals surface area (Å²) in [6.45, 7) is 0. The number of hydrogen-bond acceptors (Lipinski definition) is 2. The Hall–Kier alpha value is -1.97. The Labute approximate surface area is 80.1 Å². The summed E-state index contributed by atoms with van der Waals surface area (Å²) < 4.78 is 5.08. The van der Waals surface area contributed by atoms with Gasteiger partial charge in [0.2, 0.25) is 0 Å². The van der Waals surface area contributed by atoms with Crippen molar-refractivity contribution in [1.29, 1.82) is 0 Å². The van der Waals surface area contributed by atoms with Crippen molar-refractivity contribution < 1.29 is 14.6 Å². The highest BCUT2D eigenvalue weighted by atomic mass is 16.5. The zero-order valence-electron chi connectivity index (χ0n) is 7.57. The molecule has 2 rings (SSSR count). The molecule has 4 heteroatoms. The third kappa shape index (κ3) is 1.21. The van der Waals surface area contributed by atoms with E-state index in [9.17, 15) is 4.79 Å². The fraction of sp³-hybridized carbons (Fsp3) is 0.100. The van der Waals surface area contributed by atoms with Crippen molar-refractivity contribution >= 4 is 16.9 Å². The summed E-state index contributed by atoms with van der Waals surface area (Å²) in [4.78, 5) is 13.8. The molecule has 0 radical (unpaired) electrons. The minimum atomic E-state index is -0.952. The molecule has 0 atom stereocenters. The van der Waals surface area contributed by atoms with Gasteiger partial charge in [-0.15, -0.1) is 0 Å². The van der Waals surface area contributed by atoms with Crippen LogP contribution in [-0.4, -0.2) is 23.2 Å². The molecule has 72 valence electrons. The number of carboxylic acid groups (broad SMARTS) is 1. The Morgan fingerprint density at radius 1 is 1.50 bits per heavy atom. The number of carboxylic acids is 1. The lowest BCUT2D eigenvalue weighted by Gasteiger charge is -2.03. The monoisotopic (exact) mass is 191 g/mol. The van der Waals surface area contributed by atoms with Gasteiger partial charge in [0.15, 0.2) is 0 Å². The number of methoxy groups -OCH3 is 1. The van der Waals surface area contributed by atoms with E-state index in [1.54, 1.807) is 12.3 Å². The van der Waals surface area contributed by atoms with Crippen LogP contribution >= 0.6 is 0 Å². The molecule has 0 aliphatic carbocycles. The van der Waals surface area contributed by atoms with Crippen molar-refractivity contribution in [2.45, 2.75) is 0 Å². The quantitative estimate of drug-likeness (QED) is 0.761. The van der Waals surface area contributed by atoms with Crippen molar-refractivity contribution in [3.8, 4) is 5.75 Å². The largest absolute Gasteiger partial charge is 0.495 e. The van der Waals surface area contributed by atoms with Gasteiger partial charge in [-0.25, -0.2) is 4.79 Å². The Kier molecular flexibility index (Phi) is 1.89. The maximum Gasteiger partial charge on any atom is 0.335 e. The standard InChI is InChI=1S/C10H9NO3/c1-14-8-5-7(10(12)13)4-6-2-3-11-9(6)8/h2-5,11H,1H3,(H,12,13). The number of nitrogens with one attached hydrogen (secondary N) is 1. The molecule has 0 amide bonds. The average molecular weight is 191 g/mol. The molecule has 0 fully saturated rings. The Morgan fingerprint density at radius 3 is 2.93 bits per heavy atom. The summed E-state index contributed by atoms with van der Waals surface area (Å²) in [6, 6.07) is 4.92. The predicted molar refractivity (Wildman–Crippen MR) is 51.8 cm³/mol. The van der Waals surface area contributed by atoms with Crippen LogP contribution in [0.5, 0.6) is 5.75 Å². The first kappa shape index (κ1) is 8.62. The normalized spacial score (nSPS) is 10.4. The lowest BCUT2D eigenvalue weighted by molar-refractivity contribution is 0.0696. The summed E-state index contributed by atoms with van der Waals surface area (Å²) in [5.41, 5.74) is 1.05. The zero-order valence-corrected chi connectivity index (χ0v) is 7.57. The molecule has 0 spiro atoms. The van der Waals surface area contributed by atoms with E-state index < -0.39 is 5.97 Å². The second-order valence-corrected chi connectivity index (χ2v) is 2.93. The van der Waals surface area contributed by atoms with Gasteiger partial charge in [-0.2, -0.15) is 0 Å². The molecule has 14 heavy (non-hydrogen) atoms. The molecule has 0 saturated carbocycles. The van der Waals surface area contributed by atoms with E-state index in [1.807, 2.05) is 6.07 Å². The van der Waals surface area contributed by atoms with Crippen LogP contribution in [0.1, 0.15) is 10.4 Å².